The second-order valence-electron chi connectivity index (χ2n) is 8.65. The first kappa shape index (κ1) is 23.9. The van der Waals surface area contributed by atoms with E-state index in [0.717, 1.165) is 41.1 Å². The van der Waals surface area contributed by atoms with Crippen LogP contribution in [0.4, 0.5) is 11.4 Å². The molecule has 0 saturated heterocycles. The molecule has 3 aromatic rings. The lowest BCUT2D eigenvalue weighted by Gasteiger charge is -2.34. The molecule has 1 fully saturated rings. The summed E-state index contributed by atoms with van der Waals surface area (Å²) in [6.45, 7) is 2.09. The average Bonchev–Trinajstić information content (AvgIpc) is 2.84. The Balaban J connectivity index is 1.56. The van der Waals surface area contributed by atoms with Crippen molar-refractivity contribution in [1.29, 1.82) is 0 Å². The van der Waals surface area contributed by atoms with E-state index < -0.39 is 39.4 Å². The molecule has 10 nitrogen and oxygen atoms in total. The molecule has 0 aromatic heterocycles. The summed E-state index contributed by atoms with van der Waals surface area (Å²) in [5.74, 6) is 0.804. The minimum atomic E-state index is -0.867. The zero-order valence-electron chi connectivity index (χ0n) is 19.2. The summed E-state index contributed by atoms with van der Waals surface area (Å²) < 4.78 is 17.2. The standard InChI is InChI=1S/C25H24N2O8/c1-15-3-8-23(35-25(28)18-10-19(26(29)30)14-20(11-18)27(31)32)24(9-15)34-22-7-5-16-4-6-21(33-2)12-17(16)13-22/h4-7,10-15,23-24H,3,8-9H2,1-2H3/t15-,23+,24+/m1/s1. The van der Waals surface area contributed by atoms with E-state index in [1.807, 2.05) is 36.4 Å². The molecule has 0 amide bonds. The third-order valence-electron chi connectivity index (χ3n) is 6.12. The van der Waals surface area contributed by atoms with Crippen LogP contribution in [0.15, 0.2) is 54.6 Å². The van der Waals surface area contributed by atoms with Gasteiger partial charge in [0.2, 0.25) is 0 Å². The minimum absolute atomic E-state index is 0.249. The molecule has 1 saturated carbocycles. The fourth-order valence-corrected chi connectivity index (χ4v) is 4.27. The zero-order valence-corrected chi connectivity index (χ0v) is 19.2. The highest BCUT2D eigenvalue weighted by Gasteiger charge is 2.34. The van der Waals surface area contributed by atoms with E-state index in [1.54, 1.807) is 7.11 Å². The van der Waals surface area contributed by atoms with Crippen molar-refractivity contribution in [2.45, 2.75) is 38.4 Å². The number of carbonyl (C=O) groups is 1. The number of benzene rings is 3. The molecule has 0 bridgehead atoms. The van der Waals surface area contributed by atoms with Crippen LogP contribution in [0, 0.1) is 26.1 Å². The third kappa shape index (κ3) is 5.48. The van der Waals surface area contributed by atoms with Crippen LogP contribution in [0.1, 0.15) is 36.5 Å². The summed E-state index contributed by atoms with van der Waals surface area (Å²) >= 11 is 0. The van der Waals surface area contributed by atoms with Crippen molar-refractivity contribution in [2.75, 3.05) is 7.11 Å². The number of ether oxygens (including phenoxy) is 3. The number of nitrogens with zero attached hydrogens (tertiary/aromatic N) is 2. The van der Waals surface area contributed by atoms with Gasteiger partial charge in [-0.2, -0.15) is 0 Å². The average molecular weight is 480 g/mol. The number of hydrogen-bond donors (Lipinski definition) is 0. The summed E-state index contributed by atoms with van der Waals surface area (Å²) in [6, 6.07) is 14.2. The second-order valence-corrected chi connectivity index (χ2v) is 8.65. The maximum atomic E-state index is 12.9. The van der Waals surface area contributed by atoms with E-state index in [9.17, 15) is 25.0 Å². The van der Waals surface area contributed by atoms with Crippen molar-refractivity contribution in [3.05, 3.63) is 80.4 Å². The molecule has 3 atom stereocenters. The summed E-state index contributed by atoms with van der Waals surface area (Å²) in [5, 5.41) is 24.3. The lowest BCUT2D eigenvalue weighted by atomic mass is 9.86. The van der Waals surface area contributed by atoms with Gasteiger partial charge in [0.25, 0.3) is 11.4 Å². The topological polar surface area (TPSA) is 131 Å². The Morgan fingerprint density at radius 2 is 1.49 bits per heavy atom. The molecule has 0 aliphatic heterocycles. The molecule has 0 unspecified atom stereocenters. The van der Waals surface area contributed by atoms with Gasteiger partial charge in [-0.1, -0.05) is 19.1 Å². The monoisotopic (exact) mass is 480 g/mol. The molecule has 0 spiro atoms. The van der Waals surface area contributed by atoms with Gasteiger partial charge >= 0.3 is 5.97 Å². The number of non-ortho nitro benzene ring substituents is 2. The third-order valence-corrected chi connectivity index (χ3v) is 6.12. The summed E-state index contributed by atoms with van der Waals surface area (Å²) in [6.07, 6.45) is 0.929. The Morgan fingerprint density at radius 1 is 0.857 bits per heavy atom. The SMILES string of the molecule is COc1ccc2ccc(O[C@H]3C[C@H](C)CC[C@@H]3OC(=O)c3cc([N+](=O)[O-])cc([N+](=O)[O-])c3)cc2c1. The van der Waals surface area contributed by atoms with E-state index in [0.29, 0.717) is 24.5 Å². The normalized spacial score (nSPS) is 19.7. The van der Waals surface area contributed by atoms with Gasteiger partial charge in [0.05, 0.1) is 28.6 Å². The molecule has 1 aliphatic rings. The van der Waals surface area contributed by atoms with Gasteiger partial charge in [0, 0.05) is 12.1 Å². The van der Waals surface area contributed by atoms with Crippen LogP contribution in [0.3, 0.4) is 0 Å². The van der Waals surface area contributed by atoms with Gasteiger partial charge in [0.1, 0.15) is 23.7 Å². The van der Waals surface area contributed by atoms with Crippen LogP contribution in [-0.2, 0) is 4.74 Å². The van der Waals surface area contributed by atoms with Crippen LogP contribution in [-0.4, -0.2) is 35.1 Å². The molecule has 1 aliphatic carbocycles. The molecule has 4 rings (SSSR count). The van der Waals surface area contributed by atoms with Crippen molar-refractivity contribution in [1.82, 2.24) is 0 Å². The number of methoxy groups -OCH3 is 1. The molecular weight excluding hydrogens is 456 g/mol. The predicted molar refractivity (Wildman–Crippen MR) is 127 cm³/mol. The molecule has 182 valence electrons. The van der Waals surface area contributed by atoms with Gasteiger partial charge < -0.3 is 14.2 Å². The second kappa shape index (κ2) is 9.96. The highest BCUT2D eigenvalue weighted by atomic mass is 16.6. The fourth-order valence-electron chi connectivity index (χ4n) is 4.27. The Kier molecular flexibility index (Phi) is 6.81. The Hall–Kier alpha value is -4.21. The number of rotatable bonds is 7. The van der Waals surface area contributed by atoms with E-state index >= 15 is 0 Å². The van der Waals surface area contributed by atoms with Crippen LogP contribution < -0.4 is 9.47 Å². The lowest BCUT2D eigenvalue weighted by Crippen LogP contribution is -2.40. The minimum Gasteiger partial charge on any atom is -0.497 e. The Bertz CT molecular complexity index is 1260. The number of nitro groups is 2. The molecule has 0 radical (unpaired) electrons. The molecule has 0 heterocycles. The van der Waals surface area contributed by atoms with Crippen molar-refractivity contribution < 1.29 is 28.9 Å². The molecule has 0 N–H and O–H groups in total. The molecule has 10 heteroatoms. The number of fused-ring (bicyclic) bond motifs is 1. The van der Waals surface area contributed by atoms with E-state index in [4.69, 9.17) is 14.2 Å². The largest absolute Gasteiger partial charge is 0.497 e. The summed E-state index contributed by atoms with van der Waals surface area (Å²) in [5.41, 5.74) is -1.35. The van der Waals surface area contributed by atoms with Crippen molar-refractivity contribution in [3.63, 3.8) is 0 Å². The Morgan fingerprint density at radius 3 is 2.11 bits per heavy atom. The van der Waals surface area contributed by atoms with E-state index in [1.165, 1.54) is 0 Å². The Labute approximate surface area is 200 Å². The van der Waals surface area contributed by atoms with Crippen molar-refractivity contribution in [3.8, 4) is 11.5 Å². The first-order valence-electron chi connectivity index (χ1n) is 11.1. The molecular formula is C25H24N2O8. The van der Waals surface area contributed by atoms with Crippen molar-refractivity contribution in [2.24, 2.45) is 5.92 Å². The molecule has 3 aromatic carbocycles. The first-order chi connectivity index (χ1) is 16.7. The highest BCUT2D eigenvalue weighted by molar-refractivity contribution is 5.91. The molecule has 35 heavy (non-hydrogen) atoms. The van der Waals surface area contributed by atoms with Gasteiger partial charge in [0.15, 0.2) is 0 Å². The van der Waals surface area contributed by atoms with Crippen LogP contribution in [0.2, 0.25) is 0 Å². The van der Waals surface area contributed by atoms with E-state index in [2.05, 4.69) is 6.92 Å². The first-order valence-corrected chi connectivity index (χ1v) is 11.1. The van der Waals surface area contributed by atoms with Crippen LogP contribution >= 0.6 is 0 Å². The van der Waals surface area contributed by atoms with Gasteiger partial charge in [-0.3, -0.25) is 20.2 Å². The van der Waals surface area contributed by atoms with Crippen molar-refractivity contribution >= 4 is 28.1 Å². The van der Waals surface area contributed by atoms with Crippen LogP contribution in [0.25, 0.3) is 10.8 Å². The zero-order chi connectivity index (χ0) is 25.1. The number of hydrogen-bond acceptors (Lipinski definition) is 8. The van der Waals surface area contributed by atoms with Gasteiger partial charge in [-0.05, 0) is 60.2 Å². The maximum absolute atomic E-state index is 12.9. The quantitative estimate of drug-likeness (QED) is 0.247. The fraction of sp³-hybridized carbons (Fsp3) is 0.320. The summed E-state index contributed by atoms with van der Waals surface area (Å²) in [7, 11) is 1.60. The smallest absolute Gasteiger partial charge is 0.339 e. The summed E-state index contributed by atoms with van der Waals surface area (Å²) in [4.78, 5) is 33.6. The van der Waals surface area contributed by atoms with Gasteiger partial charge in [-0.25, -0.2) is 4.79 Å². The van der Waals surface area contributed by atoms with Gasteiger partial charge in [-0.15, -0.1) is 0 Å². The predicted octanol–water partition coefficient (Wildman–Crippen LogP) is 5.46. The number of esters is 1. The van der Waals surface area contributed by atoms with E-state index in [-0.39, 0.29) is 5.56 Å². The lowest BCUT2D eigenvalue weighted by molar-refractivity contribution is -0.394. The highest BCUT2D eigenvalue weighted by Crippen LogP contribution is 2.33. The van der Waals surface area contributed by atoms with Crippen LogP contribution in [0.5, 0.6) is 11.5 Å². The number of nitro benzene ring substituents is 2. The number of carbonyl (C=O) groups excluding carboxylic acids is 1. The maximum Gasteiger partial charge on any atom is 0.339 e.